The van der Waals surface area contributed by atoms with Gasteiger partial charge in [0.2, 0.25) is 6.41 Å². The molecule has 0 saturated carbocycles. The molecule has 0 aromatic rings. The molecule has 6 heteroatoms. The lowest BCUT2D eigenvalue weighted by Crippen LogP contribution is -2.39. The normalized spacial score (nSPS) is 13.9. The van der Waals surface area contributed by atoms with E-state index in [-0.39, 0.29) is 5.60 Å². The summed E-state index contributed by atoms with van der Waals surface area (Å²) in [4.78, 5) is 2.37. The smallest absolute Gasteiger partial charge is 0.214 e. The first-order valence-corrected chi connectivity index (χ1v) is 7.61. The van der Waals surface area contributed by atoms with Gasteiger partial charge in [0.05, 0.1) is 5.60 Å². The van der Waals surface area contributed by atoms with E-state index in [1.807, 2.05) is 20.8 Å². The number of nitrogens with zero attached hydrogens (tertiary/aromatic N) is 1. The second-order valence-electron chi connectivity index (χ2n) is 6.02. The van der Waals surface area contributed by atoms with Crippen molar-refractivity contribution in [1.82, 2.24) is 10.2 Å². The molecule has 20 heavy (non-hydrogen) atoms. The van der Waals surface area contributed by atoms with Crippen molar-refractivity contribution in [3.8, 4) is 0 Å². The quantitative estimate of drug-likeness (QED) is 0.300. The molecule has 6 nitrogen and oxygen atoms in total. The molecule has 0 bridgehead atoms. The second kappa shape index (κ2) is 11.4. The zero-order valence-corrected chi connectivity index (χ0v) is 13.4. The predicted octanol–water partition coefficient (Wildman–Crippen LogP) is 0.0567. The van der Waals surface area contributed by atoms with Gasteiger partial charge in [0.25, 0.3) is 0 Å². The number of aliphatic hydroxyl groups excluding tert-OH is 1. The van der Waals surface area contributed by atoms with Crippen molar-refractivity contribution in [3.05, 3.63) is 0 Å². The Morgan fingerprint density at radius 3 is 2.00 bits per heavy atom. The van der Waals surface area contributed by atoms with Crippen molar-refractivity contribution in [2.45, 2.75) is 52.0 Å². The molecule has 0 saturated heterocycles. The molecule has 0 radical (unpaired) electrons. The predicted molar refractivity (Wildman–Crippen MR) is 83.2 cm³/mol. The minimum Gasteiger partial charge on any atom is -0.356 e. The summed E-state index contributed by atoms with van der Waals surface area (Å²) in [5.41, 5.74) is 10.7. The Morgan fingerprint density at radius 1 is 1.05 bits per heavy atom. The second-order valence-corrected chi connectivity index (χ2v) is 6.02. The summed E-state index contributed by atoms with van der Waals surface area (Å²) in [6, 6.07) is 0. The molecular formula is C14H34N4O2. The summed E-state index contributed by atoms with van der Waals surface area (Å²) in [5, 5.41) is 12.6. The van der Waals surface area contributed by atoms with Gasteiger partial charge in [-0.05, 0) is 72.8 Å². The van der Waals surface area contributed by atoms with E-state index in [4.69, 9.17) is 16.2 Å². The Balaban J connectivity index is 3.75. The van der Waals surface area contributed by atoms with Crippen molar-refractivity contribution >= 4 is 0 Å². The first-order chi connectivity index (χ1) is 9.39. The van der Waals surface area contributed by atoms with Crippen molar-refractivity contribution in [2.24, 2.45) is 11.5 Å². The van der Waals surface area contributed by atoms with E-state index in [1.54, 1.807) is 0 Å². The van der Waals surface area contributed by atoms with Gasteiger partial charge in [0, 0.05) is 6.54 Å². The topological polar surface area (TPSA) is 96.8 Å². The van der Waals surface area contributed by atoms with E-state index in [2.05, 4.69) is 10.2 Å². The van der Waals surface area contributed by atoms with Crippen molar-refractivity contribution < 1.29 is 9.84 Å². The Kier molecular flexibility index (Phi) is 11.3. The molecular weight excluding hydrogens is 256 g/mol. The molecule has 0 aromatic carbocycles. The molecule has 0 spiro atoms. The van der Waals surface area contributed by atoms with Crippen LogP contribution < -0.4 is 16.8 Å². The first kappa shape index (κ1) is 19.8. The molecule has 0 aromatic heterocycles. The van der Waals surface area contributed by atoms with Crippen LogP contribution in [0.15, 0.2) is 0 Å². The number of aliphatic hydroxyl groups is 1. The molecule has 0 rings (SSSR count). The Labute approximate surface area is 123 Å². The summed E-state index contributed by atoms with van der Waals surface area (Å²) < 4.78 is 5.37. The van der Waals surface area contributed by atoms with E-state index < -0.39 is 6.41 Å². The minimum absolute atomic E-state index is 0.347. The summed E-state index contributed by atoms with van der Waals surface area (Å²) >= 11 is 0. The van der Waals surface area contributed by atoms with Gasteiger partial charge >= 0.3 is 0 Å². The zero-order valence-electron chi connectivity index (χ0n) is 13.4. The molecule has 0 aliphatic carbocycles. The highest BCUT2D eigenvalue weighted by Gasteiger charge is 2.15. The third-order valence-corrected chi connectivity index (χ3v) is 2.79. The highest BCUT2D eigenvalue weighted by Crippen LogP contribution is 2.07. The van der Waals surface area contributed by atoms with Gasteiger partial charge in [-0.25, -0.2) is 0 Å². The Hall–Kier alpha value is -0.240. The third-order valence-electron chi connectivity index (χ3n) is 2.79. The van der Waals surface area contributed by atoms with Crippen LogP contribution in [-0.4, -0.2) is 61.3 Å². The fourth-order valence-corrected chi connectivity index (χ4v) is 1.87. The highest BCUT2D eigenvalue weighted by molar-refractivity contribution is 4.62. The maximum absolute atomic E-state index is 9.65. The molecule has 0 aliphatic rings. The summed E-state index contributed by atoms with van der Waals surface area (Å²) in [5.74, 6) is 0. The lowest BCUT2D eigenvalue weighted by atomic mass is 10.2. The van der Waals surface area contributed by atoms with Gasteiger partial charge in [-0.2, -0.15) is 0 Å². The largest absolute Gasteiger partial charge is 0.356 e. The zero-order chi connectivity index (χ0) is 15.4. The van der Waals surface area contributed by atoms with Crippen molar-refractivity contribution in [3.63, 3.8) is 0 Å². The van der Waals surface area contributed by atoms with Crippen LogP contribution in [0.25, 0.3) is 0 Å². The average molecular weight is 290 g/mol. The van der Waals surface area contributed by atoms with Crippen LogP contribution in [0.4, 0.5) is 0 Å². The van der Waals surface area contributed by atoms with Gasteiger partial charge in [0.15, 0.2) is 0 Å². The number of rotatable bonds is 12. The van der Waals surface area contributed by atoms with Crippen LogP contribution >= 0.6 is 0 Å². The van der Waals surface area contributed by atoms with Gasteiger partial charge in [-0.1, -0.05) is 0 Å². The monoisotopic (exact) mass is 290 g/mol. The number of hydrogen-bond acceptors (Lipinski definition) is 6. The molecule has 0 amide bonds. The Bertz CT molecular complexity index is 214. The van der Waals surface area contributed by atoms with Gasteiger partial charge in [-0.3, -0.25) is 5.32 Å². The molecule has 0 aliphatic heterocycles. The number of nitrogens with two attached hydrogens (primary N) is 2. The molecule has 122 valence electrons. The lowest BCUT2D eigenvalue weighted by Gasteiger charge is -2.25. The highest BCUT2D eigenvalue weighted by atomic mass is 16.6. The van der Waals surface area contributed by atoms with Crippen molar-refractivity contribution in [1.29, 1.82) is 0 Å². The van der Waals surface area contributed by atoms with Crippen molar-refractivity contribution in [2.75, 3.05) is 39.3 Å². The third kappa shape index (κ3) is 12.8. The maximum atomic E-state index is 9.65. The number of ether oxygens (including phenoxy) is 1. The van der Waals surface area contributed by atoms with E-state index >= 15 is 0 Å². The summed E-state index contributed by atoms with van der Waals surface area (Å²) in [6.45, 7) is 10.9. The van der Waals surface area contributed by atoms with Crippen LogP contribution in [0, 0.1) is 0 Å². The molecule has 0 fully saturated rings. The summed E-state index contributed by atoms with van der Waals surface area (Å²) in [6.07, 6.45) is 2.07. The summed E-state index contributed by atoms with van der Waals surface area (Å²) in [7, 11) is 0. The van der Waals surface area contributed by atoms with Gasteiger partial charge < -0.3 is 26.2 Å². The lowest BCUT2D eigenvalue weighted by molar-refractivity contribution is -0.181. The van der Waals surface area contributed by atoms with Crippen LogP contribution in [0.2, 0.25) is 0 Å². The first-order valence-electron chi connectivity index (χ1n) is 7.61. The van der Waals surface area contributed by atoms with Gasteiger partial charge in [0.1, 0.15) is 0 Å². The van der Waals surface area contributed by atoms with E-state index in [0.717, 1.165) is 58.5 Å². The van der Waals surface area contributed by atoms with Crippen LogP contribution in [0.3, 0.4) is 0 Å². The minimum atomic E-state index is -0.906. The van der Waals surface area contributed by atoms with E-state index in [0.29, 0.717) is 0 Å². The molecule has 0 unspecified atom stereocenters. The fourth-order valence-electron chi connectivity index (χ4n) is 1.87. The number of hydrogen-bond donors (Lipinski definition) is 4. The average Bonchev–Trinajstić information content (AvgIpc) is 2.34. The van der Waals surface area contributed by atoms with Crippen LogP contribution in [0.1, 0.15) is 40.0 Å². The molecule has 6 N–H and O–H groups in total. The SMILES string of the molecule is CC(C)(C)O[C@@H](O)NCCCN(CCCN)CCCN. The standard InChI is InChI=1S/C14H34N4O2/c1-14(2,3)20-13(19)17-9-6-12-18(10-4-7-15)11-5-8-16/h13,17,19H,4-12,15-16H2,1-3H3/t13-/m1/s1. The van der Waals surface area contributed by atoms with Crippen LogP contribution in [0.5, 0.6) is 0 Å². The molecule has 0 heterocycles. The van der Waals surface area contributed by atoms with Gasteiger partial charge in [-0.15, -0.1) is 0 Å². The maximum Gasteiger partial charge on any atom is 0.214 e. The molecule has 1 atom stereocenters. The van der Waals surface area contributed by atoms with Crippen LogP contribution in [-0.2, 0) is 4.74 Å². The fraction of sp³-hybridized carbons (Fsp3) is 1.00. The Morgan fingerprint density at radius 2 is 1.55 bits per heavy atom. The van der Waals surface area contributed by atoms with E-state index in [1.165, 1.54) is 0 Å². The van der Waals surface area contributed by atoms with E-state index in [9.17, 15) is 5.11 Å². The number of nitrogens with one attached hydrogen (secondary N) is 1.